The van der Waals surface area contributed by atoms with Crippen molar-refractivity contribution in [2.75, 3.05) is 0 Å². The summed E-state index contributed by atoms with van der Waals surface area (Å²) in [6.45, 7) is 11.3. The predicted octanol–water partition coefficient (Wildman–Crippen LogP) is 5.10. The molecule has 0 radical (unpaired) electrons. The first kappa shape index (κ1) is 20.5. The third-order valence-corrected chi connectivity index (χ3v) is 5.27. The van der Waals surface area contributed by atoms with Crippen LogP contribution in [0.3, 0.4) is 0 Å². The minimum atomic E-state index is 0.0672. The van der Waals surface area contributed by atoms with Gasteiger partial charge in [0.2, 0.25) is 5.88 Å². The van der Waals surface area contributed by atoms with Gasteiger partial charge >= 0.3 is 0 Å². The van der Waals surface area contributed by atoms with Crippen molar-refractivity contribution < 1.29 is 9.53 Å². The molecule has 1 aromatic heterocycles. The average molecular weight is 381 g/mol. The summed E-state index contributed by atoms with van der Waals surface area (Å²) in [7, 11) is 0. The smallest absolute Gasteiger partial charge is 0.213 e. The number of Topliss-reactive ketones (excluding diaryl/α,β-unsaturated/α-hetero) is 1. The summed E-state index contributed by atoms with van der Waals surface area (Å²) in [5.41, 5.74) is 2.88. The molecule has 2 aromatic rings. The molecule has 4 nitrogen and oxygen atoms in total. The monoisotopic (exact) mass is 380 g/mol. The molecule has 0 atom stereocenters. The Hall–Kier alpha value is -2.20. The first-order valence-electron chi connectivity index (χ1n) is 10.1. The van der Waals surface area contributed by atoms with E-state index < -0.39 is 0 Å². The summed E-state index contributed by atoms with van der Waals surface area (Å²) in [4.78, 5) is 17.1. The van der Waals surface area contributed by atoms with Gasteiger partial charge in [0.15, 0.2) is 5.78 Å². The van der Waals surface area contributed by atoms with Crippen molar-refractivity contribution in [2.24, 2.45) is 5.92 Å². The summed E-state index contributed by atoms with van der Waals surface area (Å²) in [6.07, 6.45) is 2.66. The molecular formula is C24H32N2O2. The molecule has 1 aromatic carbocycles. The molecule has 0 spiro atoms. The van der Waals surface area contributed by atoms with Crippen molar-refractivity contribution in [1.29, 1.82) is 0 Å². The lowest BCUT2D eigenvalue weighted by Crippen LogP contribution is -2.57. The number of ketones is 1. The van der Waals surface area contributed by atoms with Gasteiger partial charge in [0.25, 0.3) is 0 Å². The molecule has 1 N–H and O–H groups in total. The number of carbonyl (C=O) groups excluding carboxylic acids is 1. The number of rotatable bonds is 6. The molecule has 2 heterocycles. The summed E-state index contributed by atoms with van der Waals surface area (Å²) in [6, 6.07) is 13.5. The van der Waals surface area contributed by atoms with E-state index in [2.05, 4.69) is 38.0 Å². The topological polar surface area (TPSA) is 51.2 Å². The number of hydrogen-bond donors (Lipinski definition) is 1. The van der Waals surface area contributed by atoms with E-state index in [1.807, 2.05) is 49.4 Å². The molecule has 1 aliphatic rings. The Morgan fingerprint density at radius 1 is 1.07 bits per heavy atom. The number of nitrogens with one attached hydrogen (secondary N) is 1. The molecular weight excluding hydrogens is 348 g/mol. The van der Waals surface area contributed by atoms with Crippen LogP contribution in [0.15, 0.2) is 42.5 Å². The highest BCUT2D eigenvalue weighted by Crippen LogP contribution is 2.35. The lowest BCUT2D eigenvalue weighted by Gasteiger charge is -2.46. The van der Waals surface area contributed by atoms with E-state index >= 15 is 0 Å². The highest BCUT2D eigenvalue weighted by Gasteiger charge is 2.38. The number of benzene rings is 1. The molecule has 0 saturated carbocycles. The first-order chi connectivity index (χ1) is 13.1. The molecule has 4 heteroatoms. The second kappa shape index (κ2) is 8.04. The summed E-state index contributed by atoms with van der Waals surface area (Å²) in [5, 5.41) is 3.68. The minimum absolute atomic E-state index is 0.0672. The first-order valence-corrected chi connectivity index (χ1v) is 10.1. The third kappa shape index (κ3) is 5.65. The zero-order valence-electron chi connectivity index (χ0n) is 17.7. The van der Waals surface area contributed by atoms with Crippen LogP contribution < -0.4 is 10.1 Å². The van der Waals surface area contributed by atoms with E-state index in [1.54, 1.807) is 0 Å². The van der Waals surface area contributed by atoms with Gasteiger partial charge in [0.05, 0.1) is 0 Å². The van der Waals surface area contributed by atoms with Crippen molar-refractivity contribution in [1.82, 2.24) is 10.3 Å². The predicted molar refractivity (Wildman–Crippen MR) is 113 cm³/mol. The molecule has 0 unspecified atom stereocenters. The maximum Gasteiger partial charge on any atom is 0.213 e. The Bertz CT molecular complexity index is 809. The number of nitrogens with zero attached hydrogens (tertiary/aromatic N) is 1. The Labute approximate surface area is 168 Å². The van der Waals surface area contributed by atoms with E-state index in [1.165, 1.54) is 0 Å². The van der Waals surface area contributed by atoms with Crippen molar-refractivity contribution in [2.45, 2.75) is 71.6 Å². The molecule has 0 bridgehead atoms. The molecule has 3 rings (SSSR count). The lowest BCUT2D eigenvalue weighted by atomic mass is 9.74. The number of aromatic nitrogens is 1. The van der Waals surface area contributed by atoms with E-state index in [4.69, 9.17) is 4.74 Å². The molecule has 0 amide bonds. The second-order valence-electron chi connectivity index (χ2n) is 9.40. The molecule has 1 fully saturated rings. The van der Waals surface area contributed by atoms with Gasteiger partial charge in [0, 0.05) is 34.8 Å². The van der Waals surface area contributed by atoms with Gasteiger partial charge < -0.3 is 10.1 Å². The van der Waals surface area contributed by atoms with Crippen LogP contribution in [0.4, 0.5) is 0 Å². The van der Waals surface area contributed by atoms with Gasteiger partial charge in [-0.2, -0.15) is 0 Å². The number of aryl methyl sites for hydroxylation is 1. The zero-order chi connectivity index (χ0) is 20.4. The molecule has 150 valence electrons. The Morgan fingerprint density at radius 2 is 1.71 bits per heavy atom. The van der Waals surface area contributed by atoms with Gasteiger partial charge in [-0.1, -0.05) is 30.3 Å². The number of carbonyl (C=O) groups is 1. The molecule has 0 aliphatic carbocycles. The lowest BCUT2D eigenvalue weighted by molar-refractivity contribution is 0.0864. The van der Waals surface area contributed by atoms with Gasteiger partial charge in [-0.25, -0.2) is 4.98 Å². The molecule has 1 saturated heterocycles. The Balaban J connectivity index is 1.57. The van der Waals surface area contributed by atoms with Crippen molar-refractivity contribution in [3.63, 3.8) is 0 Å². The van der Waals surface area contributed by atoms with Crippen molar-refractivity contribution in [3.8, 4) is 5.88 Å². The number of pyridine rings is 1. The van der Waals surface area contributed by atoms with Crippen molar-refractivity contribution >= 4 is 5.78 Å². The van der Waals surface area contributed by atoms with Crippen LogP contribution in [0.5, 0.6) is 5.88 Å². The highest BCUT2D eigenvalue weighted by atomic mass is 16.5. The van der Waals surface area contributed by atoms with E-state index in [0.29, 0.717) is 24.8 Å². The van der Waals surface area contributed by atoms with Gasteiger partial charge in [-0.05, 0) is 65.0 Å². The normalized spacial score (nSPS) is 18.6. The summed E-state index contributed by atoms with van der Waals surface area (Å²) < 4.78 is 5.74. The average Bonchev–Trinajstić information content (AvgIpc) is 2.57. The number of piperidine rings is 1. The number of hydrogen-bond acceptors (Lipinski definition) is 4. The van der Waals surface area contributed by atoms with Crippen LogP contribution in [-0.4, -0.2) is 21.8 Å². The van der Waals surface area contributed by atoms with Crippen LogP contribution in [0.2, 0.25) is 0 Å². The molecule has 28 heavy (non-hydrogen) atoms. The standard InChI is InChI=1S/C24H32N2O2/c1-17-7-6-8-22(25-17)28-16-18-9-11-20(12-10-18)21(27)13-19-14-23(2,3)26-24(4,5)15-19/h6-12,19,26H,13-16H2,1-5H3. The highest BCUT2D eigenvalue weighted by molar-refractivity contribution is 5.96. The van der Waals surface area contributed by atoms with E-state index in [-0.39, 0.29) is 16.9 Å². The van der Waals surface area contributed by atoms with Crippen LogP contribution in [0.1, 0.15) is 68.6 Å². The van der Waals surface area contributed by atoms with Crippen molar-refractivity contribution in [3.05, 3.63) is 59.3 Å². The van der Waals surface area contributed by atoms with Gasteiger partial charge in [-0.15, -0.1) is 0 Å². The summed E-state index contributed by atoms with van der Waals surface area (Å²) >= 11 is 0. The van der Waals surface area contributed by atoms with E-state index in [0.717, 1.165) is 29.7 Å². The van der Waals surface area contributed by atoms with Gasteiger partial charge in [-0.3, -0.25) is 4.79 Å². The van der Waals surface area contributed by atoms with Crippen LogP contribution in [0, 0.1) is 12.8 Å². The fraction of sp³-hybridized carbons (Fsp3) is 0.500. The fourth-order valence-corrected chi connectivity index (χ4v) is 4.60. The summed E-state index contributed by atoms with van der Waals surface area (Å²) in [5.74, 6) is 1.26. The SMILES string of the molecule is Cc1cccc(OCc2ccc(C(=O)CC3CC(C)(C)NC(C)(C)C3)cc2)n1. The Kier molecular flexibility index (Phi) is 5.90. The van der Waals surface area contributed by atoms with Gasteiger partial charge in [0.1, 0.15) is 6.61 Å². The number of ether oxygens (including phenoxy) is 1. The van der Waals surface area contributed by atoms with Crippen LogP contribution >= 0.6 is 0 Å². The van der Waals surface area contributed by atoms with E-state index in [9.17, 15) is 4.79 Å². The second-order valence-corrected chi connectivity index (χ2v) is 9.40. The Morgan fingerprint density at radius 3 is 2.32 bits per heavy atom. The zero-order valence-corrected chi connectivity index (χ0v) is 17.7. The molecule has 1 aliphatic heterocycles. The largest absolute Gasteiger partial charge is 0.473 e. The third-order valence-electron chi connectivity index (χ3n) is 5.27. The van der Waals surface area contributed by atoms with Crippen LogP contribution in [0.25, 0.3) is 0 Å². The minimum Gasteiger partial charge on any atom is -0.473 e. The maximum atomic E-state index is 12.8. The fourth-order valence-electron chi connectivity index (χ4n) is 4.60. The maximum absolute atomic E-state index is 12.8. The van der Waals surface area contributed by atoms with Crippen LogP contribution in [-0.2, 0) is 6.61 Å². The quantitative estimate of drug-likeness (QED) is 0.709.